The average Bonchev–Trinajstić information content (AvgIpc) is 3.19. The fourth-order valence-electron chi connectivity index (χ4n) is 3.99. The third kappa shape index (κ3) is 5.25. The molecular weight excluding hydrogens is 368 g/mol. The summed E-state index contributed by atoms with van der Waals surface area (Å²) in [4.78, 5) is 7.14. The highest BCUT2D eigenvalue weighted by Crippen LogP contribution is 2.18. The molecule has 8 heteroatoms. The van der Waals surface area contributed by atoms with Crippen LogP contribution in [0.4, 0.5) is 0 Å². The van der Waals surface area contributed by atoms with Crippen LogP contribution >= 0.6 is 0 Å². The highest BCUT2D eigenvalue weighted by molar-refractivity contribution is 5.80. The fraction of sp³-hybridized carbons (Fsp3) is 0.667. The fourth-order valence-corrected chi connectivity index (χ4v) is 3.99. The molecule has 1 N–H and O–H groups in total. The van der Waals surface area contributed by atoms with Gasteiger partial charge in [-0.25, -0.2) is 4.99 Å². The van der Waals surface area contributed by atoms with Crippen LogP contribution in [0.25, 0.3) is 5.65 Å². The molecule has 8 nitrogen and oxygen atoms in total. The van der Waals surface area contributed by atoms with Gasteiger partial charge in [0.15, 0.2) is 17.4 Å². The highest BCUT2D eigenvalue weighted by atomic mass is 16.5. The van der Waals surface area contributed by atoms with Crippen molar-refractivity contribution in [2.75, 3.05) is 32.8 Å². The molecule has 2 aliphatic heterocycles. The van der Waals surface area contributed by atoms with Crippen molar-refractivity contribution in [3.63, 3.8) is 0 Å². The van der Waals surface area contributed by atoms with Crippen LogP contribution < -0.4 is 5.32 Å². The van der Waals surface area contributed by atoms with Gasteiger partial charge in [-0.3, -0.25) is 4.40 Å². The predicted molar refractivity (Wildman–Crippen MR) is 112 cm³/mol. The van der Waals surface area contributed by atoms with Crippen LogP contribution in [0.3, 0.4) is 0 Å². The maximum Gasteiger partial charge on any atom is 0.194 e. The summed E-state index contributed by atoms with van der Waals surface area (Å²) in [6, 6.07) is 5.90. The van der Waals surface area contributed by atoms with E-state index >= 15 is 0 Å². The Hall–Kier alpha value is -2.19. The summed E-state index contributed by atoms with van der Waals surface area (Å²) in [5.74, 6) is 1.79. The van der Waals surface area contributed by atoms with Gasteiger partial charge in [0.2, 0.25) is 0 Å². The molecule has 29 heavy (non-hydrogen) atoms. The van der Waals surface area contributed by atoms with Crippen LogP contribution in [-0.4, -0.2) is 70.5 Å². The second kappa shape index (κ2) is 10.0. The first-order valence-corrected chi connectivity index (χ1v) is 10.9. The molecule has 0 radical (unpaired) electrons. The Morgan fingerprint density at radius 2 is 2.14 bits per heavy atom. The number of aromatic nitrogens is 3. The standard InChI is InChI=1S/C21H32N6O2/c1-2-22-21(23-15-20-25-24-19-8-3-5-11-27(19)20)26-12-9-17(10-13-26)29-16-18-7-4-6-14-28-18/h3,5,8,11,17-18H,2,4,6-7,9-10,12-16H2,1H3,(H,22,23). The second-order valence-corrected chi connectivity index (χ2v) is 7.72. The van der Waals surface area contributed by atoms with Gasteiger partial charge >= 0.3 is 0 Å². The number of nitrogens with zero attached hydrogens (tertiary/aromatic N) is 5. The van der Waals surface area contributed by atoms with E-state index in [-0.39, 0.29) is 0 Å². The lowest BCUT2D eigenvalue weighted by Gasteiger charge is -2.35. The summed E-state index contributed by atoms with van der Waals surface area (Å²) in [5, 5.41) is 11.9. The Morgan fingerprint density at radius 3 is 2.93 bits per heavy atom. The molecule has 158 valence electrons. The molecule has 2 aromatic heterocycles. The average molecular weight is 401 g/mol. The van der Waals surface area contributed by atoms with E-state index in [9.17, 15) is 0 Å². The van der Waals surface area contributed by atoms with Gasteiger partial charge in [0, 0.05) is 32.4 Å². The zero-order valence-electron chi connectivity index (χ0n) is 17.3. The minimum Gasteiger partial charge on any atom is -0.376 e. The number of fused-ring (bicyclic) bond motifs is 1. The number of piperidine rings is 1. The SMILES string of the molecule is CCNC(=NCc1nnc2ccccn12)N1CCC(OCC2CCCCO2)CC1. The molecule has 0 aliphatic carbocycles. The van der Waals surface area contributed by atoms with Crippen molar-refractivity contribution in [1.29, 1.82) is 0 Å². The quantitative estimate of drug-likeness (QED) is 0.592. The third-order valence-electron chi connectivity index (χ3n) is 5.62. The molecule has 0 spiro atoms. The van der Waals surface area contributed by atoms with Gasteiger partial charge in [-0.2, -0.15) is 0 Å². The number of hydrogen-bond donors (Lipinski definition) is 1. The zero-order chi connectivity index (χ0) is 19.9. The first-order chi connectivity index (χ1) is 14.3. The van der Waals surface area contributed by atoms with Gasteiger partial charge in [0.05, 0.1) is 18.8 Å². The molecule has 0 amide bonds. The number of nitrogens with one attached hydrogen (secondary N) is 1. The summed E-state index contributed by atoms with van der Waals surface area (Å²) in [6.07, 6.45) is 8.20. The number of ether oxygens (including phenoxy) is 2. The lowest BCUT2D eigenvalue weighted by Crippen LogP contribution is -2.47. The van der Waals surface area contributed by atoms with Crippen LogP contribution in [0.2, 0.25) is 0 Å². The summed E-state index contributed by atoms with van der Waals surface area (Å²) < 4.78 is 13.9. The molecule has 0 bridgehead atoms. The molecule has 2 aromatic rings. The van der Waals surface area contributed by atoms with E-state index in [1.807, 2.05) is 28.8 Å². The number of aliphatic imine (C=N–C) groups is 1. The Kier molecular flexibility index (Phi) is 6.95. The molecule has 0 saturated carbocycles. The smallest absolute Gasteiger partial charge is 0.194 e. The van der Waals surface area contributed by atoms with Crippen molar-refractivity contribution in [3.8, 4) is 0 Å². The van der Waals surface area contributed by atoms with Gasteiger partial charge in [-0.05, 0) is 51.2 Å². The van der Waals surface area contributed by atoms with E-state index in [0.29, 0.717) is 18.8 Å². The molecule has 0 aromatic carbocycles. The van der Waals surface area contributed by atoms with Crippen molar-refractivity contribution in [2.24, 2.45) is 4.99 Å². The van der Waals surface area contributed by atoms with Gasteiger partial charge < -0.3 is 19.7 Å². The van der Waals surface area contributed by atoms with Crippen molar-refractivity contribution in [1.82, 2.24) is 24.8 Å². The molecule has 1 unspecified atom stereocenters. The summed E-state index contributed by atoms with van der Waals surface area (Å²) in [5.41, 5.74) is 0.850. The van der Waals surface area contributed by atoms with E-state index in [0.717, 1.165) is 69.5 Å². The maximum atomic E-state index is 6.14. The van der Waals surface area contributed by atoms with Crippen molar-refractivity contribution in [3.05, 3.63) is 30.2 Å². The van der Waals surface area contributed by atoms with Crippen LogP contribution in [0, 0.1) is 0 Å². The highest BCUT2D eigenvalue weighted by Gasteiger charge is 2.24. The van der Waals surface area contributed by atoms with Crippen molar-refractivity contribution in [2.45, 2.75) is 57.8 Å². The topological polar surface area (TPSA) is 76.3 Å². The number of rotatable bonds is 6. The molecule has 4 heterocycles. The van der Waals surface area contributed by atoms with Crippen LogP contribution in [-0.2, 0) is 16.0 Å². The van der Waals surface area contributed by atoms with Crippen LogP contribution in [0.5, 0.6) is 0 Å². The first-order valence-electron chi connectivity index (χ1n) is 10.9. The van der Waals surface area contributed by atoms with E-state index in [4.69, 9.17) is 14.5 Å². The lowest BCUT2D eigenvalue weighted by atomic mass is 10.1. The van der Waals surface area contributed by atoms with Gasteiger partial charge in [0.1, 0.15) is 6.54 Å². The number of guanidine groups is 1. The molecule has 2 aliphatic rings. The summed E-state index contributed by atoms with van der Waals surface area (Å²) in [7, 11) is 0. The summed E-state index contributed by atoms with van der Waals surface area (Å²) >= 11 is 0. The molecule has 2 saturated heterocycles. The second-order valence-electron chi connectivity index (χ2n) is 7.72. The van der Waals surface area contributed by atoms with Crippen LogP contribution in [0.15, 0.2) is 29.4 Å². The Morgan fingerprint density at radius 1 is 1.24 bits per heavy atom. The normalized spacial score (nSPS) is 21.6. The first kappa shape index (κ1) is 20.1. The van der Waals surface area contributed by atoms with E-state index < -0.39 is 0 Å². The predicted octanol–water partition coefficient (Wildman–Crippen LogP) is 2.24. The third-order valence-corrected chi connectivity index (χ3v) is 5.62. The van der Waals surface area contributed by atoms with Gasteiger partial charge in [0.25, 0.3) is 0 Å². The minimum absolute atomic E-state index is 0.290. The van der Waals surface area contributed by atoms with Gasteiger partial charge in [-0.1, -0.05) is 6.07 Å². The number of hydrogen-bond acceptors (Lipinski definition) is 5. The van der Waals surface area contributed by atoms with E-state index in [1.165, 1.54) is 12.8 Å². The Bertz CT molecular complexity index is 793. The van der Waals surface area contributed by atoms with E-state index in [1.54, 1.807) is 0 Å². The van der Waals surface area contributed by atoms with E-state index in [2.05, 4.69) is 27.3 Å². The molecule has 2 fully saturated rings. The molecular formula is C21H32N6O2. The largest absolute Gasteiger partial charge is 0.376 e. The minimum atomic E-state index is 0.290. The number of pyridine rings is 1. The van der Waals surface area contributed by atoms with Crippen molar-refractivity contribution < 1.29 is 9.47 Å². The van der Waals surface area contributed by atoms with Crippen LogP contribution in [0.1, 0.15) is 44.9 Å². The lowest BCUT2D eigenvalue weighted by molar-refractivity contribution is -0.0721. The molecule has 1 atom stereocenters. The maximum absolute atomic E-state index is 6.14. The Labute approximate surface area is 172 Å². The summed E-state index contributed by atoms with van der Waals surface area (Å²) in [6.45, 7) is 6.96. The van der Waals surface area contributed by atoms with Crippen molar-refractivity contribution >= 4 is 11.6 Å². The zero-order valence-corrected chi connectivity index (χ0v) is 17.3. The monoisotopic (exact) mass is 400 g/mol. The molecule has 4 rings (SSSR count). The Balaban J connectivity index is 1.30. The number of likely N-dealkylation sites (tertiary alicyclic amines) is 1. The van der Waals surface area contributed by atoms with Gasteiger partial charge in [-0.15, -0.1) is 10.2 Å².